The second-order valence-electron chi connectivity index (χ2n) is 6.64. The molecule has 0 atom stereocenters. The minimum atomic E-state index is -0.236. The van der Waals surface area contributed by atoms with Crippen LogP contribution < -0.4 is 10.6 Å². The average Bonchev–Trinajstić information content (AvgIpc) is 3.04. The molecule has 0 unspecified atom stereocenters. The van der Waals surface area contributed by atoms with E-state index in [1.54, 1.807) is 12.5 Å². The van der Waals surface area contributed by atoms with Crippen LogP contribution >= 0.6 is 0 Å². The molecule has 0 aliphatic rings. The van der Waals surface area contributed by atoms with Crippen molar-refractivity contribution in [3.63, 3.8) is 0 Å². The second-order valence-corrected chi connectivity index (χ2v) is 6.64. The summed E-state index contributed by atoms with van der Waals surface area (Å²) in [6.07, 6.45) is 3.36. The van der Waals surface area contributed by atoms with Gasteiger partial charge in [0, 0.05) is 31.0 Å². The number of aryl methyl sites for hydroxylation is 2. The highest BCUT2D eigenvalue weighted by Crippen LogP contribution is 2.15. The van der Waals surface area contributed by atoms with Crippen molar-refractivity contribution in [3.05, 3.63) is 77.4 Å². The molecule has 1 heterocycles. The number of rotatable bonds is 5. The Balaban J connectivity index is 1.65. The molecule has 0 radical (unpaired) electrons. The van der Waals surface area contributed by atoms with E-state index >= 15 is 0 Å². The molecule has 0 aliphatic carbocycles. The van der Waals surface area contributed by atoms with Gasteiger partial charge in [0.15, 0.2) is 0 Å². The number of nitrogens with one attached hydrogen (secondary N) is 2. The molecular formula is C21H22N4O2. The summed E-state index contributed by atoms with van der Waals surface area (Å²) < 4.78 is 1.85. The van der Waals surface area contributed by atoms with E-state index in [9.17, 15) is 9.59 Å². The summed E-state index contributed by atoms with van der Waals surface area (Å²) in [7, 11) is 0. The predicted octanol–water partition coefficient (Wildman–Crippen LogP) is 3.76. The first-order valence-corrected chi connectivity index (χ1v) is 8.67. The van der Waals surface area contributed by atoms with E-state index < -0.39 is 0 Å². The Bertz CT molecular complexity index is 954. The zero-order valence-electron chi connectivity index (χ0n) is 15.6. The topological polar surface area (TPSA) is 76.0 Å². The molecule has 138 valence electrons. The number of hydrogen-bond acceptors (Lipinski definition) is 3. The molecule has 0 bridgehead atoms. The Hall–Kier alpha value is -3.41. The lowest BCUT2D eigenvalue weighted by atomic mass is 10.1. The van der Waals surface area contributed by atoms with E-state index in [0.717, 1.165) is 28.1 Å². The third-order valence-corrected chi connectivity index (χ3v) is 3.98. The van der Waals surface area contributed by atoms with Crippen LogP contribution in [0.25, 0.3) is 0 Å². The highest BCUT2D eigenvalue weighted by Gasteiger charge is 2.10. The number of anilines is 2. The van der Waals surface area contributed by atoms with Crippen molar-refractivity contribution in [2.45, 2.75) is 27.3 Å². The first-order valence-electron chi connectivity index (χ1n) is 8.67. The van der Waals surface area contributed by atoms with Crippen LogP contribution in [-0.4, -0.2) is 21.4 Å². The molecule has 2 N–H and O–H groups in total. The van der Waals surface area contributed by atoms with Gasteiger partial charge in [-0.1, -0.05) is 18.2 Å². The maximum absolute atomic E-state index is 12.4. The third kappa shape index (κ3) is 5.04. The number of hydrogen-bond donors (Lipinski definition) is 2. The van der Waals surface area contributed by atoms with E-state index in [-0.39, 0.29) is 11.8 Å². The van der Waals surface area contributed by atoms with Gasteiger partial charge in [0.25, 0.3) is 5.91 Å². The highest BCUT2D eigenvalue weighted by atomic mass is 16.2. The highest BCUT2D eigenvalue weighted by molar-refractivity contribution is 6.02. The van der Waals surface area contributed by atoms with Crippen LogP contribution in [0.2, 0.25) is 0 Å². The normalized spacial score (nSPS) is 10.5. The second kappa shape index (κ2) is 7.86. The number of amides is 2. The SMILES string of the molecule is CC(=O)Nc1ccc(Cn2cnc(C(=O)Nc3cc(C)cc(C)c3)c2)cc1. The molecule has 6 heteroatoms. The molecule has 2 aromatic carbocycles. The molecule has 0 aliphatic heterocycles. The van der Waals surface area contributed by atoms with E-state index in [2.05, 4.69) is 21.7 Å². The van der Waals surface area contributed by atoms with E-state index in [1.807, 2.05) is 54.8 Å². The minimum absolute atomic E-state index is 0.100. The molecule has 6 nitrogen and oxygen atoms in total. The largest absolute Gasteiger partial charge is 0.332 e. The monoisotopic (exact) mass is 362 g/mol. The molecule has 0 saturated heterocycles. The Morgan fingerprint density at radius 2 is 1.63 bits per heavy atom. The molecule has 27 heavy (non-hydrogen) atoms. The Morgan fingerprint density at radius 3 is 2.26 bits per heavy atom. The lowest BCUT2D eigenvalue weighted by molar-refractivity contribution is -0.114. The van der Waals surface area contributed by atoms with Crippen LogP contribution in [0.5, 0.6) is 0 Å². The number of carbonyl (C=O) groups excluding carboxylic acids is 2. The summed E-state index contributed by atoms with van der Waals surface area (Å²) in [4.78, 5) is 27.7. The van der Waals surface area contributed by atoms with Gasteiger partial charge < -0.3 is 15.2 Å². The number of benzene rings is 2. The van der Waals surface area contributed by atoms with E-state index in [4.69, 9.17) is 0 Å². The van der Waals surface area contributed by atoms with Gasteiger partial charge in [-0.15, -0.1) is 0 Å². The first kappa shape index (κ1) is 18.4. The molecule has 1 aromatic heterocycles. The van der Waals surface area contributed by atoms with Crippen molar-refractivity contribution in [3.8, 4) is 0 Å². The van der Waals surface area contributed by atoms with Gasteiger partial charge in [-0.3, -0.25) is 9.59 Å². The van der Waals surface area contributed by atoms with E-state index in [1.165, 1.54) is 6.92 Å². The third-order valence-electron chi connectivity index (χ3n) is 3.98. The van der Waals surface area contributed by atoms with Gasteiger partial charge in [-0.05, 0) is 54.8 Å². The summed E-state index contributed by atoms with van der Waals surface area (Å²) in [6.45, 7) is 6.05. The minimum Gasteiger partial charge on any atom is -0.332 e. The predicted molar refractivity (Wildman–Crippen MR) is 106 cm³/mol. The molecule has 2 amide bonds. The Labute approximate surface area is 158 Å². The van der Waals surface area contributed by atoms with Crippen molar-refractivity contribution >= 4 is 23.2 Å². The van der Waals surface area contributed by atoms with Gasteiger partial charge >= 0.3 is 0 Å². The van der Waals surface area contributed by atoms with Crippen molar-refractivity contribution in [1.82, 2.24) is 9.55 Å². The van der Waals surface area contributed by atoms with Crippen molar-refractivity contribution in [2.24, 2.45) is 0 Å². The molecule has 0 spiro atoms. The fourth-order valence-corrected chi connectivity index (χ4v) is 2.91. The molecule has 3 aromatic rings. The summed E-state index contributed by atoms with van der Waals surface area (Å²) in [5, 5.41) is 5.62. The van der Waals surface area contributed by atoms with Gasteiger partial charge in [-0.25, -0.2) is 4.98 Å². The van der Waals surface area contributed by atoms with Crippen molar-refractivity contribution in [2.75, 3.05) is 10.6 Å². The number of imidazole rings is 1. The van der Waals surface area contributed by atoms with Crippen molar-refractivity contribution in [1.29, 1.82) is 0 Å². The maximum atomic E-state index is 12.4. The van der Waals surface area contributed by atoms with Crippen LogP contribution in [0.3, 0.4) is 0 Å². The van der Waals surface area contributed by atoms with Gasteiger partial charge in [0.05, 0.1) is 6.33 Å². The van der Waals surface area contributed by atoms with Crippen LogP contribution in [0.15, 0.2) is 55.0 Å². The first-order chi connectivity index (χ1) is 12.9. The number of carbonyl (C=O) groups is 2. The summed E-state index contributed by atoms with van der Waals surface area (Å²) in [5.41, 5.74) is 5.12. The summed E-state index contributed by atoms with van der Waals surface area (Å²) in [5.74, 6) is -0.337. The summed E-state index contributed by atoms with van der Waals surface area (Å²) in [6, 6.07) is 13.5. The van der Waals surface area contributed by atoms with Crippen LogP contribution in [0.4, 0.5) is 11.4 Å². The van der Waals surface area contributed by atoms with Crippen LogP contribution in [-0.2, 0) is 11.3 Å². The fraction of sp³-hybridized carbons (Fsp3) is 0.190. The van der Waals surface area contributed by atoms with Gasteiger partial charge in [-0.2, -0.15) is 0 Å². The molecule has 0 saturated carbocycles. The fourth-order valence-electron chi connectivity index (χ4n) is 2.91. The van der Waals surface area contributed by atoms with Gasteiger partial charge in [0.2, 0.25) is 5.91 Å². The molecule has 0 fully saturated rings. The number of nitrogens with zero attached hydrogens (tertiary/aromatic N) is 2. The van der Waals surface area contributed by atoms with E-state index in [0.29, 0.717) is 12.2 Å². The lowest BCUT2D eigenvalue weighted by Gasteiger charge is -2.06. The lowest BCUT2D eigenvalue weighted by Crippen LogP contribution is -2.12. The smallest absolute Gasteiger partial charge is 0.275 e. The summed E-state index contributed by atoms with van der Waals surface area (Å²) >= 11 is 0. The molecular weight excluding hydrogens is 340 g/mol. The standard InChI is InChI=1S/C21H22N4O2/c1-14-8-15(2)10-19(9-14)24-21(27)20-12-25(13-22-20)11-17-4-6-18(7-5-17)23-16(3)26/h4-10,12-13H,11H2,1-3H3,(H,23,26)(H,24,27). The Kier molecular flexibility index (Phi) is 5.35. The quantitative estimate of drug-likeness (QED) is 0.726. The van der Waals surface area contributed by atoms with Crippen LogP contribution in [0, 0.1) is 13.8 Å². The number of aromatic nitrogens is 2. The zero-order valence-corrected chi connectivity index (χ0v) is 15.6. The molecule has 3 rings (SSSR count). The average molecular weight is 362 g/mol. The van der Waals surface area contributed by atoms with Crippen LogP contribution in [0.1, 0.15) is 34.1 Å². The van der Waals surface area contributed by atoms with Gasteiger partial charge in [0.1, 0.15) is 5.69 Å². The van der Waals surface area contributed by atoms with Crippen molar-refractivity contribution < 1.29 is 9.59 Å². The maximum Gasteiger partial charge on any atom is 0.275 e. The Morgan fingerprint density at radius 1 is 0.963 bits per heavy atom. The zero-order chi connectivity index (χ0) is 19.4.